The molecule has 0 aliphatic heterocycles. The van der Waals surface area contributed by atoms with Crippen molar-refractivity contribution in [3.63, 3.8) is 0 Å². The maximum Gasteiger partial charge on any atom is 0.125 e. The van der Waals surface area contributed by atoms with Crippen molar-refractivity contribution in [3.05, 3.63) is 34.2 Å². The second-order valence-corrected chi connectivity index (χ2v) is 6.40. The molecule has 0 radical (unpaired) electrons. The van der Waals surface area contributed by atoms with Crippen LogP contribution >= 0.6 is 11.3 Å². The van der Waals surface area contributed by atoms with Crippen molar-refractivity contribution >= 4 is 11.3 Å². The van der Waals surface area contributed by atoms with E-state index < -0.39 is 0 Å². The van der Waals surface area contributed by atoms with Crippen LogP contribution in [0.4, 0.5) is 0 Å². The number of rotatable bonds is 6. The molecule has 2 rings (SSSR count). The molecule has 0 N–H and O–H groups in total. The van der Waals surface area contributed by atoms with Gasteiger partial charge in [0.2, 0.25) is 0 Å². The zero-order valence-corrected chi connectivity index (χ0v) is 14.5. The first-order valence-corrected chi connectivity index (χ1v) is 8.66. The summed E-state index contributed by atoms with van der Waals surface area (Å²) in [6.07, 6.45) is 2.22. The maximum absolute atomic E-state index is 5.78. The molecule has 0 spiro atoms. The third-order valence-corrected chi connectivity index (χ3v) is 4.95. The van der Waals surface area contributed by atoms with Crippen LogP contribution in [0.1, 0.15) is 63.5 Å². The highest BCUT2D eigenvalue weighted by atomic mass is 32.1. The normalized spacial score (nSPS) is 14.0. The first-order valence-electron chi connectivity index (χ1n) is 7.72. The van der Waals surface area contributed by atoms with E-state index in [-0.39, 0.29) is 0 Å². The first-order chi connectivity index (χ1) is 10.1. The monoisotopic (exact) mass is 303 g/mol. The topological polar surface area (TPSA) is 22.1 Å². The van der Waals surface area contributed by atoms with Gasteiger partial charge in [-0.1, -0.05) is 27.7 Å². The molecule has 0 fully saturated rings. The third kappa shape index (κ3) is 3.29. The smallest absolute Gasteiger partial charge is 0.125 e. The SMILES string of the molecule is CCC(C)c1cc(-c2cscn2)cc(C(C)CC)c1OC. The zero-order chi connectivity index (χ0) is 15.4. The van der Waals surface area contributed by atoms with E-state index in [2.05, 4.69) is 50.2 Å². The number of aromatic nitrogens is 1. The molecule has 2 aromatic rings. The molecular weight excluding hydrogens is 278 g/mol. The van der Waals surface area contributed by atoms with Crippen LogP contribution < -0.4 is 4.74 Å². The molecule has 0 saturated heterocycles. The fraction of sp³-hybridized carbons (Fsp3) is 0.500. The molecular formula is C18H25NOS. The Kier molecular flexibility index (Phi) is 5.40. The van der Waals surface area contributed by atoms with E-state index in [1.807, 2.05) is 5.51 Å². The van der Waals surface area contributed by atoms with Gasteiger partial charge in [0.05, 0.1) is 18.3 Å². The standard InChI is InChI=1S/C18H25NOS/c1-6-12(3)15-8-14(17-10-21-11-19-17)9-16(13(4)7-2)18(15)20-5/h8-13H,6-7H2,1-5H3. The molecule has 1 aromatic heterocycles. The molecule has 2 nitrogen and oxygen atoms in total. The Hall–Kier alpha value is -1.35. The minimum Gasteiger partial charge on any atom is -0.496 e. The number of methoxy groups -OCH3 is 1. The van der Waals surface area contributed by atoms with Crippen LogP contribution in [0.5, 0.6) is 5.75 Å². The zero-order valence-electron chi connectivity index (χ0n) is 13.6. The highest BCUT2D eigenvalue weighted by molar-refractivity contribution is 7.07. The molecule has 1 heterocycles. The van der Waals surface area contributed by atoms with Gasteiger partial charge in [0.15, 0.2) is 0 Å². The third-order valence-electron chi connectivity index (χ3n) is 4.37. The van der Waals surface area contributed by atoms with Crippen molar-refractivity contribution in [2.75, 3.05) is 7.11 Å². The molecule has 0 bridgehead atoms. The quantitative estimate of drug-likeness (QED) is 0.668. The van der Waals surface area contributed by atoms with Crippen LogP contribution in [0.15, 0.2) is 23.0 Å². The van der Waals surface area contributed by atoms with Crippen LogP contribution in [-0.2, 0) is 0 Å². The van der Waals surface area contributed by atoms with E-state index in [0.717, 1.165) is 24.3 Å². The summed E-state index contributed by atoms with van der Waals surface area (Å²) in [7, 11) is 1.79. The maximum atomic E-state index is 5.78. The predicted octanol–water partition coefficient (Wildman–Crippen LogP) is 5.85. The first kappa shape index (κ1) is 16.0. The Bertz CT molecular complexity index is 546. The lowest BCUT2D eigenvalue weighted by Crippen LogP contribution is -2.04. The highest BCUT2D eigenvalue weighted by Gasteiger charge is 2.19. The minimum atomic E-state index is 0.487. The van der Waals surface area contributed by atoms with Gasteiger partial charge >= 0.3 is 0 Å². The number of nitrogens with zero attached hydrogens (tertiary/aromatic N) is 1. The van der Waals surface area contributed by atoms with E-state index in [1.165, 1.54) is 16.7 Å². The Morgan fingerprint density at radius 1 is 1.10 bits per heavy atom. The summed E-state index contributed by atoms with van der Waals surface area (Å²) >= 11 is 1.64. The summed E-state index contributed by atoms with van der Waals surface area (Å²) in [6, 6.07) is 4.52. The average molecular weight is 303 g/mol. The molecule has 114 valence electrons. The molecule has 21 heavy (non-hydrogen) atoms. The number of ether oxygens (including phenoxy) is 1. The van der Waals surface area contributed by atoms with Gasteiger partial charge in [-0.15, -0.1) is 11.3 Å². The number of thiazole rings is 1. The van der Waals surface area contributed by atoms with Crippen LogP contribution in [0, 0.1) is 0 Å². The van der Waals surface area contributed by atoms with Crippen LogP contribution in [-0.4, -0.2) is 12.1 Å². The Morgan fingerprint density at radius 2 is 1.67 bits per heavy atom. The van der Waals surface area contributed by atoms with Gasteiger partial charge in [-0.05, 0) is 47.9 Å². The van der Waals surface area contributed by atoms with Gasteiger partial charge < -0.3 is 4.74 Å². The van der Waals surface area contributed by atoms with E-state index in [9.17, 15) is 0 Å². The van der Waals surface area contributed by atoms with Crippen molar-refractivity contribution in [1.29, 1.82) is 0 Å². The van der Waals surface area contributed by atoms with Gasteiger partial charge in [-0.3, -0.25) is 0 Å². The van der Waals surface area contributed by atoms with E-state index in [4.69, 9.17) is 4.74 Å². The summed E-state index contributed by atoms with van der Waals surface area (Å²) < 4.78 is 5.78. The summed E-state index contributed by atoms with van der Waals surface area (Å²) in [4.78, 5) is 4.47. The van der Waals surface area contributed by atoms with Crippen molar-refractivity contribution < 1.29 is 4.74 Å². The second-order valence-electron chi connectivity index (χ2n) is 5.68. The lowest BCUT2D eigenvalue weighted by atomic mass is 9.87. The molecule has 0 saturated carbocycles. The van der Waals surface area contributed by atoms with E-state index in [1.54, 1.807) is 18.4 Å². The second kappa shape index (κ2) is 7.08. The molecule has 2 unspecified atom stereocenters. The van der Waals surface area contributed by atoms with E-state index >= 15 is 0 Å². The number of hydrogen-bond donors (Lipinski definition) is 0. The summed E-state index contributed by atoms with van der Waals surface area (Å²) in [6.45, 7) is 8.98. The van der Waals surface area contributed by atoms with Crippen molar-refractivity contribution in [2.24, 2.45) is 0 Å². The highest BCUT2D eigenvalue weighted by Crippen LogP contribution is 2.40. The number of benzene rings is 1. The lowest BCUT2D eigenvalue weighted by Gasteiger charge is -2.22. The molecule has 0 aliphatic rings. The Balaban J connectivity index is 2.64. The largest absolute Gasteiger partial charge is 0.496 e. The van der Waals surface area contributed by atoms with Gasteiger partial charge in [0, 0.05) is 10.9 Å². The fourth-order valence-electron chi connectivity index (χ4n) is 2.59. The van der Waals surface area contributed by atoms with Crippen molar-refractivity contribution in [2.45, 2.75) is 52.4 Å². The van der Waals surface area contributed by atoms with Crippen LogP contribution in [0.2, 0.25) is 0 Å². The van der Waals surface area contributed by atoms with Crippen molar-refractivity contribution in [1.82, 2.24) is 4.98 Å². The molecule has 0 aliphatic carbocycles. The minimum absolute atomic E-state index is 0.487. The predicted molar refractivity (Wildman–Crippen MR) is 91.5 cm³/mol. The molecule has 2 atom stereocenters. The van der Waals surface area contributed by atoms with Crippen LogP contribution in [0.3, 0.4) is 0 Å². The van der Waals surface area contributed by atoms with Gasteiger partial charge in [0.1, 0.15) is 5.75 Å². The number of hydrogen-bond acceptors (Lipinski definition) is 3. The lowest BCUT2D eigenvalue weighted by molar-refractivity contribution is 0.397. The van der Waals surface area contributed by atoms with Gasteiger partial charge in [-0.2, -0.15) is 0 Å². The van der Waals surface area contributed by atoms with Gasteiger partial charge in [0.25, 0.3) is 0 Å². The molecule has 3 heteroatoms. The molecule has 0 amide bonds. The van der Waals surface area contributed by atoms with Crippen LogP contribution in [0.25, 0.3) is 11.3 Å². The fourth-order valence-corrected chi connectivity index (χ4v) is 3.15. The average Bonchev–Trinajstić information content (AvgIpc) is 3.06. The van der Waals surface area contributed by atoms with Gasteiger partial charge in [-0.25, -0.2) is 4.98 Å². The summed E-state index contributed by atoms with van der Waals surface area (Å²) in [5, 5.41) is 2.11. The summed E-state index contributed by atoms with van der Waals surface area (Å²) in [5.74, 6) is 2.04. The Morgan fingerprint density at radius 3 is 2.05 bits per heavy atom. The molecule has 1 aromatic carbocycles. The van der Waals surface area contributed by atoms with E-state index in [0.29, 0.717) is 11.8 Å². The Labute approximate surface area is 132 Å². The summed E-state index contributed by atoms with van der Waals surface area (Å²) in [5.41, 5.74) is 6.78. The van der Waals surface area contributed by atoms with Crippen molar-refractivity contribution in [3.8, 4) is 17.0 Å².